The second kappa shape index (κ2) is 18.5. The van der Waals surface area contributed by atoms with Crippen LogP contribution in [0.25, 0.3) is 0 Å². The Morgan fingerprint density at radius 1 is 0.610 bits per heavy atom. The van der Waals surface area contributed by atoms with Crippen molar-refractivity contribution in [3.8, 4) is 0 Å². The number of carboxylic acid groups (broad SMARTS) is 1. The van der Waals surface area contributed by atoms with Gasteiger partial charge < -0.3 is 38.3 Å². The zero-order valence-corrected chi connectivity index (χ0v) is 23.5. The van der Waals surface area contributed by atoms with Gasteiger partial charge in [0.25, 0.3) is 0 Å². The highest BCUT2D eigenvalue weighted by Gasteiger charge is 2.30. The Morgan fingerprint density at radius 3 is 1.46 bits per heavy atom. The van der Waals surface area contributed by atoms with E-state index in [-0.39, 0.29) is 19.3 Å². The molecule has 4 atom stereocenters. The van der Waals surface area contributed by atoms with E-state index < -0.39 is 47.9 Å². The standard InChI is InChI=1S/C30H44N6O5/c31-17-9-7-15-23(33)27(37)35-25(19-21-11-3-1-4-12-21)29(39)36-26(20-22-13-5-2-6-14-22)28(38)34-24(30(40)41)16-8-10-18-32/h1-6,11-14,23-26H,7-10,15-20,31-33H2,(H,34,38)(H,35,37)(H,36,39)(H,40,41)/t23-,24-,25-,26-/m0/s1. The van der Waals surface area contributed by atoms with Crippen LogP contribution in [-0.2, 0) is 32.0 Å². The van der Waals surface area contributed by atoms with Crippen molar-refractivity contribution in [2.45, 2.75) is 75.5 Å². The molecule has 0 aliphatic heterocycles. The van der Waals surface area contributed by atoms with Crippen LogP contribution in [0.15, 0.2) is 60.7 Å². The lowest BCUT2D eigenvalue weighted by atomic mass is 10.0. The molecule has 0 unspecified atom stereocenters. The first-order valence-corrected chi connectivity index (χ1v) is 14.1. The fourth-order valence-electron chi connectivity index (χ4n) is 4.33. The molecule has 10 N–H and O–H groups in total. The summed E-state index contributed by atoms with van der Waals surface area (Å²) in [6, 6.07) is 14.2. The summed E-state index contributed by atoms with van der Waals surface area (Å²) in [5.74, 6) is -2.86. The second-order valence-corrected chi connectivity index (χ2v) is 10.1. The maximum atomic E-state index is 13.6. The molecule has 0 radical (unpaired) electrons. The molecule has 0 fully saturated rings. The predicted molar refractivity (Wildman–Crippen MR) is 158 cm³/mol. The Labute approximate surface area is 241 Å². The van der Waals surface area contributed by atoms with E-state index in [4.69, 9.17) is 17.2 Å². The third-order valence-corrected chi connectivity index (χ3v) is 6.70. The molecule has 2 aromatic carbocycles. The van der Waals surface area contributed by atoms with Gasteiger partial charge in [0.05, 0.1) is 6.04 Å². The molecule has 3 amide bonds. The molecule has 0 saturated heterocycles. The molecule has 0 aromatic heterocycles. The molecule has 224 valence electrons. The van der Waals surface area contributed by atoms with Crippen molar-refractivity contribution < 1.29 is 24.3 Å². The molecular weight excluding hydrogens is 524 g/mol. The van der Waals surface area contributed by atoms with Gasteiger partial charge in [0.1, 0.15) is 18.1 Å². The van der Waals surface area contributed by atoms with Crippen LogP contribution in [0.3, 0.4) is 0 Å². The topological polar surface area (TPSA) is 203 Å². The molecule has 11 nitrogen and oxygen atoms in total. The van der Waals surface area contributed by atoms with Crippen molar-refractivity contribution in [1.29, 1.82) is 0 Å². The summed E-state index contributed by atoms with van der Waals surface area (Å²) in [5.41, 5.74) is 18.7. The van der Waals surface area contributed by atoms with Gasteiger partial charge >= 0.3 is 5.97 Å². The molecule has 0 aliphatic carbocycles. The van der Waals surface area contributed by atoms with Crippen molar-refractivity contribution in [1.82, 2.24) is 16.0 Å². The number of amides is 3. The first kappa shape index (κ1) is 33.4. The van der Waals surface area contributed by atoms with Gasteiger partial charge in [-0.2, -0.15) is 0 Å². The minimum absolute atomic E-state index is 0.123. The third kappa shape index (κ3) is 12.5. The maximum Gasteiger partial charge on any atom is 0.326 e. The van der Waals surface area contributed by atoms with Crippen LogP contribution >= 0.6 is 0 Å². The molecule has 0 spiro atoms. The molecule has 41 heavy (non-hydrogen) atoms. The Kier molecular flexibility index (Phi) is 15.1. The van der Waals surface area contributed by atoms with Crippen LogP contribution in [0.2, 0.25) is 0 Å². The second-order valence-electron chi connectivity index (χ2n) is 10.1. The van der Waals surface area contributed by atoms with E-state index >= 15 is 0 Å². The van der Waals surface area contributed by atoms with Gasteiger partial charge in [-0.1, -0.05) is 67.1 Å². The highest BCUT2D eigenvalue weighted by Crippen LogP contribution is 2.09. The van der Waals surface area contributed by atoms with E-state index in [2.05, 4.69) is 16.0 Å². The Morgan fingerprint density at radius 2 is 1.02 bits per heavy atom. The number of carbonyl (C=O) groups is 4. The molecule has 0 heterocycles. The minimum atomic E-state index is -1.17. The average Bonchev–Trinajstić information content (AvgIpc) is 2.96. The van der Waals surface area contributed by atoms with Crippen molar-refractivity contribution in [2.75, 3.05) is 13.1 Å². The number of hydrogen-bond donors (Lipinski definition) is 7. The van der Waals surface area contributed by atoms with Gasteiger partial charge in [0.15, 0.2) is 0 Å². The number of rotatable bonds is 19. The van der Waals surface area contributed by atoms with Crippen molar-refractivity contribution in [2.24, 2.45) is 17.2 Å². The van der Waals surface area contributed by atoms with Crippen LogP contribution in [0.1, 0.15) is 49.7 Å². The van der Waals surface area contributed by atoms with Crippen molar-refractivity contribution in [3.05, 3.63) is 71.8 Å². The van der Waals surface area contributed by atoms with Gasteiger partial charge in [-0.3, -0.25) is 14.4 Å². The summed E-state index contributed by atoms with van der Waals surface area (Å²) < 4.78 is 0. The smallest absolute Gasteiger partial charge is 0.326 e. The van der Waals surface area contributed by atoms with Gasteiger partial charge in [0, 0.05) is 12.8 Å². The highest BCUT2D eigenvalue weighted by atomic mass is 16.4. The normalized spacial score (nSPS) is 13.8. The highest BCUT2D eigenvalue weighted by molar-refractivity contribution is 5.94. The van der Waals surface area contributed by atoms with Gasteiger partial charge in [-0.25, -0.2) is 4.79 Å². The molecule has 0 aliphatic rings. The van der Waals surface area contributed by atoms with Gasteiger partial charge in [0.2, 0.25) is 17.7 Å². The van der Waals surface area contributed by atoms with Gasteiger partial charge in [-0.15, -0.1) is 0 Å². The Balaban J connectivity index is 2.25. The lowest BCUT2D eigenvalue weighted by Crippen LogP contribution is -2.58. The number of aliphatic carboxylic acids is 1. The van der Waals surface area contributed by atoms with Crippen LogP contribution in [0.4, 0.5) is 0 Å². The summed E-state index contributed by atoms with van der Waals surface area (Å²) in [6.07, 6.45) is 3.48. The molecule has 0 saturated carbocycles. The van der Waals surface area contributed by atoms with Crippen LogP contribution < -0.4 is 33.2 Å². The summed E-state index contributed by atoms with van der Waals surface area (Å²) in [5, 5.41) is 17.7. The van der Waals surface area contributed by atoms with E-state index in [1.165, 1.54) is 0 Å². The summed E-state index contributed by atoms with van der Waals surface area (Å²) in [6.45, 7) is 0.909. The van der Waals surface area contributed by atoms with E-state index in [1.54, 1.807) is 0 Å². The van der Waals surface area contributed by atoms with Crippen LogP contribution in [-0.4, -0.2) is 66.1 Å². The quantitative estimate of drug-likeness (QED) is 0.119. The molecule has 11 heteroatoms. The number of carbonyl (C=O) groups excluding carboxylic acids is 3. The first-order valence-electron chi connectivity index (χ1n) is 14.1. The van der Waals surface area contributed by atoms with E-state index in [0.29, 0.717) is 38.8 Å². The van der Waals surface area contributed by atoms with E-state index in [9.17, 15) is 24.3 Å². The monoisotopic (exact) mass is 568 g/mol. The largest absolute Gasteiger partial charge is 0.480 e. The van der Waals surface area contributed by atoms with Gasteiger partial charge in [-0.05, 0) is 56.3 Å². The minimum Gasteiger partial charge on any atom is -0.480 e. The fraction of sp³-hybridized carbons (Fsp3) is 0.467. The fourth-order valence-corrected chi connectivity index (χ4v) is 4.33. The number of hydrogen-bond acceptors (Lipinski definition) is 7. The average molecular weight is 569 g/mol. The zero-order valence-electron chi connectivity index (χ0n) is 23.5. The molecule has 0 bridgehead atoms. The number of carboxylic acids is 1. The Hall–Kier alpha value is -3.80. The molecule has 2 aromatic rings. The van der Waals surface area contributed by atoms with Crippen molar-refractivity contribution >= 4 is 23.7 Å². The lowest BCUT2D eigenvalue weighted by molar-refractivity contribution is -0.142. The number of benzene rings is 2. The summed E-state index contributed by atoms with van der Waals surface area (Å²) in [7, 11) is 0. The summed E-state index contributed by atoms with van der Waals surface area (Å²) >= 11 is 0. The van der Waals surface area contributed by atoms with E-state index in [0.717, 1.165) is 17.5 Å². The molecular formula is C30H44N6O5. The number of nitrogens with one attached hydrogen (secondary N) is 3. The van der Waals surface area contributed by atoms with Crippen molar-refractivity contribution in [3.63, 3.8) is 0 Å². The van der Waals surface area contributed by atoms with Crippen LogP contribution in [0, 0.1) is 0 Å². The Bertz CT molecular complexity index is 1090. The molecule has 2 rings (SSSR count). The summed E-state index contributed by atoms with van der Waals surface area (Å²) in [4.78, 5) is 51.7. The zero-order chi connectivity index (χ0) is 30.0. The number of unbranched alkanes of at least 4 members (excludes halogenated alkanes) is 2. The van der Waals surface area contributed by atoms with Crippen LogP contribution in [0.5, 0.6) is 0 Å². The SMILES string of the molecule is NCCCC[C@H](NC(=O)[C@H](Cc1ccccc1)NC(=O)[C@H](Cc1ccccc1)NC(=O)[C@@H](N)CCCCN)C(=O)O. The predicted octanol–water partition coefficient (Wildman–Crippen LogP) is 0.596. The lowest BCUT2D eigenvalue weighted by Gasteiger charge is -2.25. The number of nitrogens with two attached hydrogens (primary N) is 3. The third-order valence-electron chi connectivity index (χ3n) is 6.70. The first-order chi connectivity index (χ1) is 19.7. The van der Waals surface area contributed by atoms with E-state index in [1.807, 2.05) is 60.7 Å². The maximum absolute atomic E-state index is 13.6.